The standard InChI is InChI=1S/C16H24N2O2/c1-12-6-7-14(15(19)10-12)16(20)17-11-13(2)18-8-4-3-5-9-18/h6-7,10,13,19H,3-5,8-9,11H2,1-2H3,(H,17,20). The van der Waals surface area contributed by atoms with Crippen LogP contribution in [0.4, 0.5) is 0 Å². The molecule has 4 heteroatoms. The Morgan fingerprint density at radius 1 is 1.35 bits per heavy atom. The van der Waals surface area contributed by atoms with E-state index in [1.54, 1.807) is 12.1 Å². The average molecular weight is 276 g/mol. The Kier molecular flexibility index (Phi) is 5.01. The number of amides is 1. The lowest BCUT2D eigenvalue weighted by Crippen LogP contribution is -2.44. The molecule has 1 saturated heterocycles. The topological polar surface area (TPSA) is 52.6 Å². The molecule has 0 aliphatic carbocycles. The first-order chi connectivity index (χ1) is 9.58. The van der Waals surface area contributed by atoms with Crippen molar-refractivity contribution in [2.75, 3.05) is 19.6 Å². The number of hydrogen-bond donors (Lipinski definition) is 2. The van der Waals surface area contributed by atoms with Gasteiger partial charge in [0.2, 0.25) is 0 Å². The first-order valence-electron chi connectivity index (χ1n) is 7.40. The van der Waals surface area contributed by atoms with Gasteiger partial charge in [0, 0.05) is 12.6 Å². The maximum absolute atomic E-state index is 12.1. The molecule has 1 amide bonds. The Labute approximate surface area is 120 Å². The van der Waals surface area contributed by atoms with Crippen LogP contribution in [0, 0.1) is 6.92 Å². The molecule has 1 aromatic rings. The molecular weight excluding hydrogens is 252 g/mol. The van der Waals surface area contributed by atoms with E-state index in [1.165, 1.54) is 19.3 Å². The van der Waals surface area contributed by atoms with Gasteiger partial charge in [0.05, 0.1) is 5.56 Å². The number of piperidine rings is 1. The summed E-state index contributed by atoms with van der Waals surface area (Å²) in [7, 11) is 0. The van der Waals surface area contributed by atoms with Crippen molar-refractivity contribution in [2.45, 2.75) is 39.2 Å². The first kappa shape index (κ1) is 14.9. The van der Waals surface area contributed by atoms with Gasteiger partial charge >= 0.3 is 0 Å². The SMILES string of the molecule is Cc1ccc(C(=O)NCC(C)N2CCCCC2)c(O)c1. The molecule has 1 aromatic carbocycles. The van der Waals surface area contributed by atoms with E-state index >= 15 is 0 Å². The summed E-state index contributed by atoms with van der Waals surface area (Å²) >= 11 is 0. The number of phenols is 1. The third-order valence-corrected chi connectivity index (χ3v) is 3.97. The lowest BCUT2D eigenvalue weighted by atomic mass is 10.1. The monoisotopic (exact) mass is 276 g/mol. The number of likely N-dealkylation sites (tertiary alicyclic amines) is 1. The molecule has 1 heterocycles. The number of phenolic OH excluding ortho intramolecular Hbond substituents is 1. The fourth-order valence-electron chi connectivity index (χ4n) is 2.66. The fraction of sp³-hybridized carbons (Fsp3) is 0.562. The molecule has 1 fully saturated rings. The van der Waals surface area contributed by atoms with Crippen LogP contribution in [-0.4, -0.2) is 41.6 Å². The van der Waals surface area contributed by atoms with Gasteiger partial charge < -0.3 is 10.4 Å². The zero-order valence-corrected chi connectivity index (χ0v) is 12.4. The maximum atomic E-state index is 12.1. The summed E-state index contributed by atoms with van der Waals surface area (Å²) in [5.41, 5.74) is 1.29. The predicted octanol–water partition coefficient (Wildman–Crippen LogP) is 2.30. The number of aryl methyl sites for hydroxylation is 1. The van der Waals surface area contributed by atoms with Crippen LogP contribution in [0.2, 0.25) is 0 Å². The van der Waals surface area contributed by atoms with Crippen LogP contribution < -0.4 is 5.32 Å². The quantitative estimate of drug-likeness (QED) is 0.887. The number of aromatic hydroxyl groups is 1. The van der Waals surface area contributed by atoms with E-state index in [2.05, 4.69) is 17.1 Å². The molecule has 1 aliphatic rings. The Bertz CT molecular complexity index is 468. The summed E-state index contributed by atoms with van der Waals surface area (Å²) in [5.74, 6) is -0.153. The molecule has 0 radical (unpaired) electrons. The van der Waals surface area contributed by atoms with Gasteiger partial charge in [-0.05, 0) is 57.5 Å². The molecule has 2 rings (SSSR count). The Morgan fingerprint density at radius 2 is 2.05 bits per heavy atom. The van der Waals surface area contributed by atoms with Crippen molar-refractivity contribution >= 4 is 5.91 Å². The van der Waals surface area contributed by atoms with Crippen molar-refractivity contribution in [3.05, 3.63) is 29.3 Å². The molecule has 4 nitrogen and oxygen atoms in total. The number of benzene rings is 1. The van der Waals surface area contributed by atoms with E-state index < -0.39 is 0 Å². The Hall–Kier alpha value is -1.55. The van der Waals surface area contributed by atoms with Crippen LogP contribution in [0.25, 0.3) is 0 Å². The summed E-state index contributed by atoms with van der Waals surface area (Å²) in [6.07, 6.45) is 3.81. The highest BCUT2D eigenvalue weighted by Gasteiger charge is 2.18. The molecule has 1 atom stereocenters. The van der Waals surface area contributed by atoms with Crippen LogP contribution in [-0.2, 0) is 0 Å². The Balaban J connectivity index is 1.88. The second kappa shape index (κ2) is 6.75. The van der Waals surface area contributed by atoms with Crippen LogP contribution >= 0.6 is 0 Å². The Morgan fingerprint density at radius 3 is 2.70 bits per heavy atom. The van der Waals surface area contributed by atoms with Crippen molar-refractivity contribution < 1.29 is 9.90 Å². The molecule has 2 N–H and O–H groups in total. The second-order valence-corrected chi connectivity index (χ2v) is 5.68. The minimum atomic E-state index is -0.202. The van der Waals surface area contributed by atoms with Gasteiger partial charge in [-0.15, -0.1) is 0 Å². The number of hydrogen-bond acceptors (Lipinski definition) is 3. The highest BCUT2D eigenvalue weighted by Crippen LogP contribution is 2.18. The molecule has 1 unspecified atom stereocenters. The number of carbonyl (C=O) groups excluding carboxylic acids is 1. The van der Waals surface area contributed by atoms with Gasteiger partial charge in [0.1, 0.15) is 5.75 Å². The van der Waals surface area contributed by atoms with E-state index in [-0.39, 0.29) is 11.7 Å². The summed E-state index contributed by atoms with van der Waals surface area (Å²) in [4.78, 5) is 14.5. The highest BCUT2D eigenvalue weighted by atomic mass is 16.3. The zero-order chi connectivity index (χ0) is 14.5. The molecule has 0 saturated carbocycles. The zero-order valence-electron chi connectivity index (χ0n) is 12.4. The van der Waals surface area contributed by atoms with E-state index in [0.717, 1.165) is 18.7 Å². The van der Waals surface area contributed by atoms with Gasteiger partial charge in [0.15, 0.2) is 0 Å². The molecule has 0 spiro atoms. The molecule has 1 aliphatic heterocycles. The van der Waals surface area contributed by atoms with Gasteiger partial charge in [-0.3, -0.25) is 9.69 Å². The van der Waals surface area contributed by atoms with E-state index in [1.807, 2.05) is 13.0 Å². The first-order valence-corrected chi connectivity index (χ1v) is 7.40. The van der Waals surface area contributed by atoms with Gasteiger partial charge in [-0.2, -0.15) is 0 Å². The lowest BCUT2D eigenvalue weighted by molar-refractivity contribution is 0.0927. The van der Waals surface area contributed by atoms with Crippen LogP contribution in [0.3, 0.4) is 0 Å². The predicted molar refractivity (Wildman–Crippen MR) is 80.1 cm³/mol. The van der Waals surface area contributed by atoms with Crippen LogP contribution in [0.1, 0.15) is 42.1 Å². The van der Waals surface area contributed by atoms with Gasteiger partial charge in [-0.25, -0.2) is 0 Å². The fourth-order valence-corrected chi connectivity index (χ4v) is 2.66. The average Bonchev–Trinajstić information content (AvgIpc) is 2.45. The molecule has 0 aromatic heterocycles. The van der Waals surface area contributed by atoms with Crippen molar-refractivity contribution in [3.8, 4) is 5.75 Å². The van der Waals surface area contributed by atoms with Crippen molar-refractivity contribution in [1.82, 2.24) is 10.2 Å². The number of carbonyl (C=O) groups is 1. The third-order valence-electron chi connectivity index (χ3n) is 3.97. The summed E-state index contributed by atoms with van der Waals surface area (Å²) in [6.45, 7) is 6.88. The van der Waals surface area contributed by atoms with Crippen LogP contribution in [0.15, 0.2) is 18.2 Å². The van der Waals surface area contributed by atoms with E-state index in [4.69, 9.17) is 0 Å². The van der Waals surface area contributed by atoms with Crippen molar-refractivity contribution in [3.63, 3.8) is 0 Å². The smallest absolute Gasteiger partial charge is 0.255 e. The summed E-state index contributed by atoms with van der Waals surface area (Å²) in [6, 6.07) is 5.46. The minimum absolute atomic E-state index is 0.0492. The maximum Gasteiger partial charge on any atom is 0.255 e. The number of rotatable bonds is 4. The van der Waals surface area contributed by atoms with Gasteiger partial charge in [0.25, 0.3) is 5.91 Å². The van der Waals surface area contributed by atoms with Gasteiger partial charge in [-0.1, -0.05) is 12.5 Å². The molecular formula is C16H24N2O2. The van der Waals surface area contributed by atoms with Crippen molar-refractivity contribution in [2.24, 2.45) is 0 Å². The third kappa shape index (κ3) is 3.73. The van der Waals surface area contributed by atoms with E-state index in [9.17, 15) is 9.90 Å². The molecule has 0 bridgehead atoms. The molecule has 20 heavy (non-hydrogen) atoms. The largest absolute Gasteiger partial charge is 0.507 e. The number of nitrogens with zero attached hydrogens (tertiary/aromatic N) is 1. The normalized spacial score (nSPS) is 17.7. The van der Waals surface area contributed by atoms with Crippen LogP contribution in [0.5, 0.6) is 5.75 Å². The molecule has 110 valence electrons. The number of nitrogens with one attached hydrogen (secondary N) is 1. The highest BCUT2D eigenvalue weighted by molar-refractivity contribution is 5.96. The lowest BCUT2D eigenvalue weighted by Gasteiger charge is -2.32. The second-order valence-electron chi connectivity index (χ2n) is 5.68. The van der Waals surface area contributed by atoms with E-state index in [0.29, 0.717) is 18.2 Å². The summed E-state index contributed by atoms with van der Waals surface area (Å²) < 4.78 is 0. The minimum Gasteiger partial charge on any atom is -0.507 e. The van der Waals surface area contributed by atoms with Crippen molar-refractivity contribution in [1.29, 1.82) is 0 Å². The summed E-state index contributed by atoms with van der Waals surface area (Å²) in [5, 5.41) is 12.7.